The van der Waals surface area contributed by atoms with Crippen LogP contribution in [0.4, 0.5) is 0 Å². The van der Waals surface area contributed by atoms with Gasteiger partial charge in [0.25, 0.3) is 0 Å². The summed E-state index contributed by atoms with van der Waals surface area (Å²) in [4.78, 5) is 2.29. The van der Waals surface area contributed by atoms with Gasteiger partial charge in [0.15, 0.2) is 0 Å². The van der Waals surface area contributed by atoms with Crippen LogP contribution in [0, 0.1) is 5.92 Å². The Labute approximate surface area is 129 Å². The van der Waals surface area contributed by atoms with Crippen LogP contribution in [-0.4, -0.2) is 25.5 Å². The first-order valence-corrected chi connectivity index (χ1v) is 9.27. The van der Waals surface area contributed by atoms with Crippen molar-refractivity contribution >= 4 is 0 Å². The van der Waals surface area contributed by atoms with Gasteiger partial charge in [0.1, 0.15) is 0 Å². The van der Waals surface area contributed by atoms with Crippen molar-refractivity contribution in [1.82, 2.24) is 4.90 Å². The van der Waals surface area contributed by atoms with Crippen LogP contribution in [0.1, 0.15) is 97.3 Å². The van der Waals surface area contributed by atoms with E-state index >= 15 is 0 Å². The van der Waals surface area contributed by atoms with Crippen molar-refractivity contribution in [3.05, 3.63) is 0 Å². The summed E-state index contributed by atoms with van der Waals surface area (Å²) in [7, 11) is 4.34. The molecule has 0 aromatic heterocycles. The summed E-state index contributed by atoms with van der Waals surface area (Å²) in [5, 5.41) is 0. The summed E-state index contributed by atoms with van der Waals surface area (Å²) >= 11 is 0. The summed E-state index contributed by atoms with van der Waals surface area (Å²) in [5.74, 6) is 0.896. The Morgan fingerprint density at radius 1 is 0.550 bits per heavy atom. The van der Waals surface area contributed by atoms with Crippen molar-refractivity contribution in [1.29, 1.82) is 0 Å². The van der Waals surface area contributed by atoms with E-state index in [-0.39, 0.29) is 0 Å². The van der Waals surface area contributed by atoms with E-state index < -0.39 is 0 Å². The molecule has 0 heterocycles. The van der Waals surface area contributed by atoms with E-state index in [1.165, 1.54) is 90.0 Å². The van der Waals surface area contributed by atoms with Gasteiger partial charge in [-0.15, -0.1) is 0 Å². The third-order valence-corrected chi connectivity index (χ3v) is 4.14. The molecule has 0 atom stereocenters. The molecule has 0 N–H and O–H groups in total. The first-order chi connectivity index (χ1) is 9.63. The van der Waals surface area contributed by atoms with Gasteiger partial charge in [-0.1, -0.05) is 90.9 Å². The maximum Gasteiger partial charge on any atom is -0.00248 e. The van der Waals surface area contributed by atoms with Crippen molar-refractivity contribution < 1.29 is 0 Å². The van der Waals surface area contributed by atoms with Crippen LogP contribution < -0.4 is 0 Å². The molecule has 0 saturated carbocycles. The minimum absolute atomic E-state index is 0.896. The topological polar surface area (TPSA) is 3.24 Å². The monoisotopic (exact) mass is 283 g/mol. The SMILES string of the molecule is CC(C)CCCCCCCCCCCCCCN(C)C. The van der Waals surface area contributed by atoms with E-state index in [2.05, 4.69) is 32.8 Å². The minimum atomic E-state index is 0.896. The minimum Gasteiger partial charge on any atom is -0.309 e. The zero-order valence-corrected chi connectivity index (χ0v) is 14.9. The average molecular weight is 284 g/mol. The summed E-state index contributed by atoms with van der Waals surface area (Å²) in [6, 6.07) is 0. The largest absolute Gasteiger partial charge is 0.309 e. The molecule has 1 nitrogen and oxygen atoms in total. The molecule has 0 rings (SSSR count). The fraction of sp³-hybridized carbons (Fsp3) is 1.00. The van der Waals surface area contributed by atoms with Gasteiger partial charge in [-0.25, -0.2) is 0 Å². The average Bonchev–Trinajstić information content (AvgIpc) is 2.38. The third-order valence-electron chi connectivity index (χ3n) is 4.14. The smallest absolute Gasteiger partial charge is 0.00248 e. The molecule has 122 valence electrons. The van der Waals surface area contributed by atoms with Crippen molar-refractivity contribution in [3.8, 4) is 0 Å². The van der Waals surface area contributed by atoms with Gasteiger partial charge in [0.05, 0.1) is 0 Å². The summed E-state index contributed by atoms with van der Waals surface area (Å²) in [6.45, 7) is 5.93. The lowest BCUT2D eigenvalue weighted by atomic mass is 10.0. The van der Waals surface area contributed by atoms with Gasteiger partial charge >= 0.3 is 0 Å². The molecule has 0 aromatic rings. The second kappa shape index (κ2) is 15.4. The van der Waals surface area contributed by atoms with Crippen LogP contribution in [0.5, 0.6) is 0 Å². The fourth-order valence-corrected chi connectivity index (χ4v) is 2.75. The first kappa shape index (κ1) is 20.0. The van der Waals surface area contributed by atoms with Crippen molar-refractivity contribution in [2.24, 2.45) is 5.92 Å². The molecule has 0 unspecified atom stereocenters. The number of rotatable bonds is 15. The van der Waals surface area contributed by atoms with Gasteiger partial charge in [-0.3, -0.25) is 0 Å². The van der Waals surface area contributed by atoms with Crippen LogP contribution in [0.15, 0.2) is 0 Å². The molecule has 0 aliphatic carbocycles. The lowest BCUT2D eigenvalue weighted by Crippen LogP contribution is -2.12. The molecule has 1 heteroatoms. The Morgan fingerprint density at radius 2 is 0.900 bits per heavy atom. The Balaban J connectivity index is 2.96. The van der Waals surface area contributed by atoms with Gasteiger partial charge in [0.2, 0.25) is 0 Å². The van der Waals surface area contributed by atoms with E-state index in [0.29, 0.717) is 0 Å². The van der Waals surface area contributed by atoms with Crippen molar-refractivity contribution in [3.63, 3.8) is 0 Å². The molecule has 0 aliphatic heterocycles. The highest BCUT2D eigenvalue weighted by atomic mass is 15.0. The molecule has 0 amide bonds. The van der Waals surface area contributed by atoms with E-state index in [1.807, 2.05) is 0 Å². The lowest BCUT2D eigenvalue weighted by molar-refractivity contribution is 0.389. The predicted molar refractivity (Wildman–Crippen MR) is 93.4 cm³/mol. The number of unbranched alkanes of at least 4 members (excludes halogenated alkanes) is 11. The van der Waals surface area contributed by atoms with E-state index in [4.69, 9.17) is 0 Å². The zero-order valence-electron chi connectivity index (χ0n) is 14.9. The second-order valence-corrected chi connectivity index (χ2v) is 7.23. The summed E-state index contributed by atoms with van der Waals surface area (Å²) < 4.78 is 0. The highest BCUT2D eigenvalue weighted by Crippen LogP contribution is 2.14. The van der Waals surface area contributed by atoms with Gasteiger partial charge in [0, 0.05) is 0 Å². The quantitative estimate of drug-likeness (QED) is 0.320. The maximum atomic E-state index is 2.33. The third kappa shape index (κ3) is 18.0. The van der Waals surface area contributed by atoms with Crippen LogP contribution in [0.25, 0.3) is 0 Å². The second-order valence-electron chi connectivity index (χ2n) is 7.23. The van der Waals surface area contributed by atoms with E-state index in [1.54, 1.807) is 0 Å². The fourth-order valence-electron chi connectivity index (χ4n) is 2.75. The van der Waals surface area contributed by atoms with E-state index in [9.17, 15) is 0 Å². The molecular weight excluding hydrogens is 242 g/mol. The standard InChI is InChI=1S/C19H41N/c1-19(2)17-15-13-11-9-7-5-6-8-10-12-14-16-18-20(3)4/h19H,5-18H2,1-4H3. The Morgan fingerprint density at radius 3 is 1.25 bits per heavy atom. The molecule has 0 saturated heterocycles. The lowest BCUT2D eigenvalue weighted by Gasteiger charge is -2.08. The normalized spacial score (nSPS) is 11.7. The predicted octanol–water partition coefficient (Wildman–Crippen LogP) is 6.28. The van der Waals surface area contributed by atoms with Gasteiger partial charge in [-0.2, -0.15) is 0 Å². The molecule has 0 fully saturated rings. The van der Waals surface area contributed by atoms with E-state index in [0.717, 1.165) is 5.92 Å². The Bertz CT molecular complexity index is 155. The van der Waals surface area contributed by atoms with Gasteiger partial charge in [-0.05, 0) is 33.0 Å². The number of hydrogen-bond acceptors (Lipinski definition) is 1. The molecular formula is C19H41N. The summed E-state index contributed by atoms with van der Waals surface area (Å²) in [5.41, 5.74) is 0. The molecule has 0 spiro atoms. The zero-order chi connectivity index (χ0) is 15.1. The number of hydrogen-bond donors (Lipinski definition) is 0. The highest BCUT2D eigenvalue weighted by Gasteiger charge is 1.96. The molecule has 0 aliphatic rings. The Hall–Kier alpha value is -0.0400. The molecule has 20 heavy (non-hydrogen) atoms. The number of nitrogens with zero attached hydrogens (tertiary/aromatic N) is 1. The van der Waals surface area contributed by atoms with Crippen LogP contribution in [0.2, 0.25) is 0 Å². The van der Waals surface area contributed by atoms with Crippen LogP contribution in [0.3, 0.4) is 0 Å². The van der Waals surface area contributed by atoms with Crippen LogP contribution in [-0.2, 0) is 0 Å². The van der Waals surface area contributed by atoms with Crippen molar-refractivity contribution in [2.75, 3.05) is 20.6 Å². The Kier molecular flexibility index (Phi) is 15.3. The molecule has 0 bridgehead atoms. The molecule has 0 aromatic carbocycles. The van der Waals surface area contributed by atoms with Crippen molar-refractivity contribution in [2.45, 2.75) is 97.3 Å². The highest BCUT2D eigenvalue weighted by molar-refractivity contribution is 4.51. The summed E-state index contributed by atoms with van der Waals surface area (Å²) in [6.07, 6.45) is 18.9. The van der Waals surface area contributed by atoms with Gasteiger partial charge < -0.3 is 4.90 Å². The molecule has 0 radical (unpaired) electrons. The first-order valence-electron chi connectivity index (χ1n) is 9.27. The van der Waals surface area contributed by atoms with Crippen LogP contribution >= 0.6 is 0 Å². The maximum absolute atomic E-state index is 2.33.